The van der Waals surface area contributed by atoms with Crippen molar-refractivity contribution in [2.24, 2.45) is 0 Å². The summed E-state index contributed by atoms with van der Waals surface area (Å²) in [6.07, 6.45) is 2.32. The van der Waals surface area contributed by atoms with Crippen LogP contribution in [0.1, 0.15) is 30.4 Å². The van der Waals surface area contributed by atoms with Crippen LogP contribution >= 0.6 is 0 Å². The number of hydrogen-bond acceptors (Lipinski definition) is 4. The van der Waals surface area contributed by atoms with Gasteiger partial charge in [0.25, 0.3) is 0 Å². The molecule has 6 heteroatoms. The number of ether oxygens (including phenoxy) is 2. The predicted octanol–water partition coefficient (Wildman–Crippen LogP) is 3.47. The molecule has 1 aliphatic rings. The molecule has 0 atom stereocenters. The Bertz CT molecular complexity index is 866. The number of nitrogens with zero attached hydrogens (tertiary/aromatic N) is 2. The van der Waals surface area contributed by atoms with Gasteiger partial charge in [0.1, 0.15) is 11.5 Å². The Labute approximate surface area is 184 Å². The molecule has 0 spiro atoms. The SMILES string of the molecule is COc1ccc(CC(=O)N2CCCN(C(=O)CCCOc3ccccc3C)CC2)cc1. The van der Waals surface area contributed by atoms with E-state index in [2.05, 4.69) is 0 Å². The lowest BCUT2D eigenvalue weighted by Crippen LogP contribution is -2.38. The number of rotatable bonds is 8. The molecule has 1 aliphatic heterocycles. The molecule has 0 radical (unpaired) electrons. The number of methoxy groups -OCH3 is 1. The van der Waals surface area contributed by atoms with Crippen LogP contribution < -0.4 is 9.47 Å². The number of para-hydroxylation sites is 1. The first-order valence-corrected chi connectivity index (χ1v) is 10.9. The maximum atomic E-state index is 12.7. The van der Waals surface area contributed by atoms with Crippen LogP contribution in [0.2, 0.25) is 0 Å². The fraction of sp³-hybridized carbons (Fsp3) is 0.440. The maximum absolute atomic E-state index is 12.7. The van der Waals surface area contributed by atoms with Gasteiger partial charge in [-0.25, -0.2) is 0 Å². The van der Waals surface area contributed by atoms with E-state index in [0.717, 1.165) is 29.0 Å². The van der Waals surface area contributed by atoms with E-state index in [1.54, 1.807) is 7.11 Å². The second kappa shape index (κ2) is 11.4. The molecule has 3 rings (SSSR count). The standard InChI is InChI=1S/C25H32N2O4/c1-20-7-3-4-8-23(20)31-18-5-9-24(28)26-14-6-15-27(17-16-26)25(29)19-21-10-12-22(30-2)13-11-21/h3-4,7-8,10-13H,5-6,9,14-19H2,1-2H3. The lowest BCUT2D eigenvalue weighted by molar-refractivity contribution is -0.133. The Morgan fingerprint density at radius 1 is 0.903 bits per heavy atom. The lowest BCUT2D eigenvalue weighted by atomic mass is 10.1. The average Bonchev–Trinajstić information content (AvgIpc) is 3.05. The molecule has 0 aliphatic carbocycles. The molecular weight excluding hydrogens is 392 g/mol. The first-order chi connectivity index (χ1) is 15.1. The van der Waals surface area contributed by atoms with E-state index in [0.29, 0.717) is 52.0 Å². The molecule has 2 amide bonds. The fourth-order valence-corrected chi connectivity index (χ4v) is 3.73. The molecular formula is C25H32N2O4. The zero-order valence-corrected chi connectivity index (χ0v) is 18.5. The van der Waals surface area contributed by atoms with Crippen LogP contribution in [0, 0.1) is 6.92 Å². The molecule has 1 heterocycles. The van der Waals surface area contributed by atoms with Crippen molar-refractivity contribution in [3.05, 3.63) is 59.7 Å². The first-order valence-electron chi connectivity index (χ1n) is 10.9. The largest absolute Gasteiger partial charge is 0.497 e. The fourth-order valence-electron chi connectivity index (χ4n) is 3.73. The molecule has 6 nitrogen and oxygen atoms in total. The number of amides is 2. The summed E-state index contributed by atoms with van der Waals surface area (Å²) in [5.41, 5.74) is 2.07. The zero-order chi connectivity index (χ0) is 22.1. The highest BCUT2D eigenvalue weighted by molar-refractivity contribution is 5.79. The minimum absolute atomic E-state index is 0.103. The van der Waals surface area contributed by atoms with Crippen LogP contribution in [0.15, 0.2) is 48.5 Å². The zero-order valence-electron chi connectivity index (χ0n) is 18.5. The summed E-state index contributed by atoms with van der Waals surface area (Å²) in [7, 11) is 1.63. The number of carbonyl (C=O) groups excluding carboxylic acids is 2. The molecule has 0 aromatic heterocycles. The van der Waals surface area contributed by atoms with Crippen LogP contribution in [0.3, 0.4) is 0 Å². The normalized spacial score (nSPS) is 14.1. The molecule has 31 heavy (non-hydrogen) atoms. The minimum Gasteiger partial charge on any atom is -0.497 e. The Balaban J connectivity index is 1.40. The van der Waals surface area contributed by atoms with Gasteiger partial charge in [-0.1, -0.05) is 30.3 Å². The van der Waals surface area contributed by atoms with E-state index in [1.165, 1.54) is 0 Å². The quantitative estimate of drug-likeness (QED) is 0.609. The second-order valence-corrected chi connectivity index (χ2v) is 7.86. The van der Waals surface area contributed by atoms with Crippen molar-refractivity contribution in [1.82, 2.24) is 9.80 Å². The van der Waals surface area contributed by atoms with Crippen molar-refractivity contribution in [3.63, 3.8) is 0 Å². The van der Waals surface area contributed by atoms with Crippen molar-refractivity contribution in [2.45, 2.75) is 32.6 Å². The molecule has 0 saturated carbocycles. The van der Waals surface area contributed by atoms with Crippen LogP contribution in [-0.2, 0) is 16.0 Å². The highest BCUT2D eigenvalue weighted by Crippen LogP contribution is 2.17. The van der Waals surface area contributed by atoms with Gasteiger partial charge in [0.2, 0.25) is 11.8 Å². The van der Waals surface area contributed by atoms with Crippen molar-refractivity contribution >= 4 is 11.8 Å². The summed E-state index contributed by atoms with van der Waals surface area (Å²) >= 11 is 0. The van der Waals surface area contributed by atoms with E-state index in [1.807, 2.05) is 65.3 Å². The van der Waals surface area contributed by atoms with Gasteiger partial charge in [0.15, 0.2) is 0 Å². The van der Waals surface area contributed by atoms with Crippen LogP contribution in [-0.4, -0.2) is 61.5 Å². The Hall–Kier alpha value is -3.02. The minimum atomic E-state index is 0.103. The number of benzene rings is 2. The monoisotopic (exact) mass is 424 g/mol. The Kier molecular flexibility index (Phi) is 8.33. The van der Waals surface area contributed by atoms with Gasteiger partial charge in [0, 0.05) is 32.6 Å². The highest BCUT2D eigenvalue weighted by atomic mass is 16.5. The van der Waals surface area contributed by atoms with Gasteiger partial charge in [-0.2, -0.15) is 0 Å². The molecule has 0 N–H and O–H groups in total. The summed E-state index contributed by atoms with van der Waals surface area (Å²) in [5, 5.41) is 0. The highest BCUT2D eigenvalue weighted by Gasteiger charge is 2.22. The average molecular weight is 425 g/mol. The van der Waals surface area contributed by atoms with Crippen LogP contribution in [0.4, 0.5) is 0 Å². The molecule has 0 bridgehead atoms. The number of aryl methyl sites for hydroxylation is 1. The third kappa shape index (κ3) is 6.74. The number of hydrogen-bond donors (Lipinski definition) is 0. The molecule has 1 saturated heterocycles. The van der Waals surface area contributed by atoms with Gasteiger partial charge in [-0.15, -0.1) is 0 Å². The van der Waals surface area contributed by atoms with Crippen molar-refractivity contribution in [3.8, 4) is 11.5 Å². The molecule has 2 aromatic rings. The molecule has 1 fully saturated rings. The van der Waals surface area contributed by atoms with Gasteiger partial charge in [0.05, 0.1) is 20.1 Å². The molecule has 166 valence electrons. The third-order valence-electron chi connectivity index (χ3n) is 5.60. The topological polar surface area (TPSA) is 59.1 Å². The summed E-state index contributed by atoms with van der Waals surface area (Å²) in [4.78, 5) is 29.1. The van der Waals surface area contributed by atoms with E-state index in [-0.39, 0.29) is 11.8 Å². The molecule has 2 aromatic carbocycles. The smallest absolute Gasteiger partial charge is 0.227 e. The van der Waals surface area contributed by atoms with Gasteiger partial charge < -0.3 is 19.3 Å². The van der Waals surface area contributed by atoms with E-state index < -0.39 is 0 Å². The van der Waals surface area contributed by atoms with E-state index >= 15 is 0 Å². The van der Waals surface area contributed by atoms with Crippen molar-refractivity contribution in [2.75, 3.05) is 39.9 Å². The van der Waals surface area contributed by atoms with Crippen LogP contribution in [0.5, 0.6) is 11.5 Å². The second-order valence-electron chi connectivity index (χ2n) is 7.86. The maximum Gasteiger partial charge on any atom is 0.227 e. The Morgan fingerprint density at radius 2 is 1.58 bits per heavy atom. The van der Waals surface area contributed by atoms with Gasteiger partial charge in [-0.05, 0) is 49.1 Å². The molecule has 0 unspecified atom stereocenters. The Morgan fingerprint density at radius 3 is 2.26 bits per heavy atom. The predicted molar refractivity (Wildman–Crippen MR) is 120 cm³/mol. The van der Waals surface area contributed by atoms with Gasteiger partial charge >= 0.3 is 0 Å². The van der Waals surface area contributed by atoms with E-state index in [9.17, 15) is 9.59 Å². The van der Waals surface area contributed by atoms with Crippen molar-refractivity contribution < 1.29 is 19.1 Å². The first kappa shape index (κ1) is 22.7. The third-order valence-corrected chi connectivity index (χ3v) is 5.60. The summed E-state index contributed by atoms with van der Waals surface area (Å²) in [6.45, 7) is 5.10. The summed E-state index contributed by atoms with van der Waals surface area (Å²) in [5.74, 6) is 1.89. The summed E-state index contributed by atoms with van der Waals surface area (Å²) < 4.78 is 11.0. The van der Waals surface area contributed by atoms with Crippen LogP contribution in [0.25, 0.3) is 0 Å². The summed E-state index contributed by atoms with van der Waals surface area (Å²) in [6, 6.07) is 15.5. The van der Waals surface area contributed by atoms with Gasteiger partial charge in [-0.3, -0.25) is 9.59 Å². The lowest BCUT2D eigenvalue weighted by Gasteiger charge is -2.22. The van der Waals surface area contributed by atoms with Crippen molar-refractivity contribution in [1.29, 1.82) is 0 Å². The number of carbonyl (C=O) groups is 2. The van der Waals surface area contributed by atoms with E-state index in [4.69, 9.17) is 9.47 Å².